The van der Waals surface area contributed by atoms with Crippen LogP contribution in [0.3, 0.4) is 0 Å². The molecule has 3 aromatic rings. The van der Waals surface area contributed by atoms with Crippen molar-refractivity contribution in [1.29, 1.82) is 0 Å². The van der Waals surface area contributed by atoms with Crippen LogP contribution in [0.5, 0.6) is 0 Å². The van der Waals surface area contributed by atoms with E-state index in [4.69, 9.17) is 0 Å². The van der Waals surface area contributed by atoms with Crippen molar-refractivity contribution in [2.75, 3.05) is 5.32 Å². The number of thiazole rings is 1. The van der Waals surface area contributed by atoms with Crippen molar-refractivity contribution in [2.45, 2.75) is 23.8 Å². The first-order chi connectivity index (χ1) is 13.0. The second-order valence-corrected chi connectivity index (χ2v) is 8.73. The van der Waals surface area contributed by atoms with E-state index >= 15 is 0 Å². The number of pyridine rings is 1. The minimum atomic E-state index is -3.61. The third kappa shape index (κ3) is 4.21. The van der Waals surface area contributed by atoms with Gasteiger partial charge in [0.2, 0.25) is 10.0 Å². The van der Waals surface area contributed by atoms with Gasteiger partial charge in [-0.3, -0.25) is 15.1 Å². The fourth-order valence-electron chi connectivity index (χ4n) is 2.44. The van der Waals surface area contributed by atoms with Gasteiger partial charge >= 0.3 is 0 Å². The lowest BCUT2D eigenvalue weighted by atomic mass is 10.2. The number of aromatic nitrogens is 2. The zero-order valence-electron chi connectivity index (χ0n) is 14.1. The highest BCUT2D eigenvalue weighted by molar-refractivity contribution is 7.89. The summed E-state index contributed by atoms with van der Waals surface area (Å²) in [6, 6.07) is 9.68. The molecule has 2 aromatic heterocycles. The molecular weight excluding hydrogens is 384 g/mol. The van der Waals surface area contributed by atoms with Crippen molar-refractivity contribution < 1.29 is 13.2 Å². The number of hydrogen-bond donors (Lipinski definition) is 2. The lowest BCUT2D eigenvalue weighted by Gasteiger charge is -2.07. The zero-order valence-corrected chi connectivity index (χ0v) is 15.8. The first-order valence-corrected chi connectivity index (χ1v) is 10.7. The number of nitrogens with one attached hydrogen (secondary N) is 2. The molecule has 0 radical (unpaired) electrons. The maximum Gasteiger partial charge on any atom is 0.257 e. The van der Waals surface area contributed by atoms with E-state index < -0.39 is 15.9 Å². The molecule has 27 heavy (non-hydrogen) atoms. The number of amides is 1. The second-order valence-electron chi connectivity index (χ2n) is 6.16. The van der Waals surface area contributed by atoms with Gasteiger partial charge in [0, 0.05) is 34.9 Å². The Labute approximate surface area is 160 Å². The third-order valence-corrected chi connectivity index (χ3v) is 6.26. The number of carbonyl (C=O) groups excluding carboxylic acids is 1. The highest BCUT2D eigenvalue weighted by atomic mass is 32.2. The monoisotopic (exact) mass is 400 g/mol. The van der Waals surface area contributed by atoms with Gasteiger partial charge in [0.25, 0.3) is 5.91 Å². The predicted octanol–water partition coefficient (Wildman–Crippen LogP) is 2.90. The molecule has 0 atom stereocenters. The van der Waals surface area contributed by atoms with E-state index in [0.717, 1.165) is 18.4 Å². The molecule has 1 aliphatic rings. The summed E-state index contributed by atoms with van der Waals surface area (Å²) in [7, 11) is -3.61. The van der Waals surface area contributed by atoms with E-state index in [2.05, 4.69) is 20.0 Å². The summed E-state index contributed by atoms with van der Waals surface area (Å²) in [6.45, 7) is 0. The molecule has 138 valence electrons. The van der Waals surface area contributed by atoms with Crippen LogP contribution in [0.25, 0.3) is 11.3 Å². The van der Waals surface area contributed by atoms with Crippen LogP contribution in [0.2, 0.25) is 0 Å². The summed E-state index contributed by atoms with van der Waals surface area (Å²) < 4.78 is 27.2. The molecular formula is C18H16N4O3S2. The normalized spacial score (nSPS) is 14.1. The van der Waals surface area contributed by atoms with E-state index in [0.29, 0.717) is 10.8 Å². The molecule has 9 heteroatoms. The number of nitrogens with zero attached hydrogens (tertiary/aromatic N) is 2. The highest BCUT2D eigenvalue weighted by Crippen LogP contribution is 2.25. The molecule has 4 rings (SSSR count). The van der Waals surface area contributed by atoms with Crippen LogP contribution in [0.1, 0.15) is 23.2 Å². The predicted molar refractivity (Wildman–Crippen MR) is 103 cm³/mol. The molecule has 0 saturated heterocycles. The summed E-state index contributed by atoms with van der Waals surface area (Å²) in [5, 5.41) is 4.97. The number of anilines is 1. The number of benzene rings is 1. The summed E-state index contributed by atoms with van der Waals surface area (Å²) in [5.41, 5.74) is 1.83. The molecule has 1 aromatic carbocycles. The lowest BCUT2D eigenvalue weighted by Crippen LogP contribution is -2.26. The van der Waals surface area contributed by atoms with Crippen LogP contribution in [-0.4, -0.2) is 30.3 Å². The van der Waals surface area contributed by atoms with E-state index in [1.807, 2.05) is 17.5 Å². The van der Waals surface area contributed by atoms with Crippen molar-refractivity contribution in [3.63, 3.8) is 0 Å². The number of sulfonamides is 1. The molecule has 7 nitrogen and oxygen atoms in total. The Balaban J connectivity index is 1.50. The molecule has 2 N–H and O–H groups in total. The molecule has 0 spiro atoms. The molecule has 0 bridgehead atoms. The minimum Gasteiger partial charge on any atom is -0.298 e. The standard InChI is InChI=1S/C18H16N4O3S2/c23-17(21-18-20-16(11-26-18)13-4-2-8-19-10-13)12-3-1-5-15(9-12)27(24,25)22-14-6-7-14/h1-5,8-11,14,22H,6-7H2,(H,20,21,23). The van der Waals surface area contributed by atoms with E-state index in [1.165, 1.54) is 23.5 Å². The molecule has 1 fully saturated rings. The van der Waals surface area contributed by atoms with Crippen LogP contribution >= 0.6 is 11.3 Å². The minimum absolute atomic E-state index is 0.00805. The van der Waals surface area contributed by atoms with Gasteiger partial charge in [-0.1, -0.05) is 6.07 Å². The summed E-state index contributed by atoms with van der Waals surface area (Å²) in [4.78, 5) is 21.0. The van der Waals surface area contributed by atoms with Gasteiger partial charge in [-0.05, 0) is 43.2 Å². The Bertz CT molecular complexity index is 1080. The van der Waals surface area contributed by atoms with E-state index in [-0.39, 0.29) is 16.5 Å². The van der Waals surface area contributed by atoms with Gasteiger partial charge in [0.1, 0.15) is 0 Å². The van der Waals surface area contributed by atoms with Gasteiger partial charge in [0.15, 0.2) is 5.13 Å². The summed E-state index contributed by atoms with van der Waals surface area (Å²) >= 11 is 1.29. The van der Waals surface area contributed by atoms with Crippen molar-refractivity contribution >= 4 is 32.4 Å². The van der Waals surface area contributed by atoms with E-state index in [9.17, 15) is 13.2 Å². The maximum absolute atomic E-state index is 12.5. The van der Waals surface area contributed by atoms with Crippen LogP contribution in [0.4, 0.5) is 5.13 Å². The first-order valence-electron chi connectivity index (χ1n) is 8.31. The Kier molecular flexibility index (Phi) is 4.73. The SMILES string of the molecule is O=C(Nc1nc(-c2cccnc2)cs1)c1cccc(S(=O)(=O)NC2CC2)c1. The third-order valence-electron chi connectivity index (χ3n) is 3.99. The second kappa shape index (κ2) is 7.18. The molecule has 2 heterocycles. The highest BCUT2D eigenvalue weighted by Gasteiger charge is 2.28. The van der Waals surface area contributed by atoms with Crippen molar-refractivity contribution in [1.82, 2.24) is 14.7 Å². The van der Waals surface area contributed by atoms with Gasteiger partial charge < -0.3 is 0 Å². The molecule has 1 amide bonds. The van der Waals surface area contributed by atoms with Crippen LogP contribution in [0, 0.1) is 0 Å². The Morgan fingerprint density at radius 3 is 2.78 bits per heavy atom. The fourth-order valence-corrected chi connectivity index (χ4v) is 4.51. The van der Waals surface area contributed by atoms with Crippen LogP contribution in [0.15, 0.2) is 59.1 Å². The molecule has 0 aliphatic heterocycles. The molecule has 1 aliphatic carbocycles. The Morgan fingerprint density at radius 2 is 2.04 bits per heavy atom. The van der Waals surface area contributed by atoms with Gasteiger partial charge in [-0.15, -0.1) is 11.3 Å². The Hall–Kier alpha value is -2.62. The van der Waals surface area contributed by atoms with Crippen LogP contribution in [-0.2, 0) is 10.0 Å². The topological polar surface area (TPSA) is 101 Å². The lowest BCUT2D eigenvalue weighted by molar-refractivity contribution is 0.102. The first kappa shape index (κ1) is 17.8. The van der Waals surface area contributed by atoms with Gasteiger partial charge in [-0.2, -0.15) is 0 Å². The maximum atomic E-state index is 12.5. The fraction of sp³-hybridized carbons (Fsp3) is 0.167. The molecule has 0 unspecified atom stereocenters. The smallest absolute Gasteiger partial charge is 0.257 e. The average Bonchev–Trinajstić information content (AvgIpc) is 3.36. The zero-order chi connectivity index (χ0) is 18.9. The van der Waals surface area contributed by atoms with Crippen molar-refractivity contribution in [3.8, 4) is 11.3 Å². The largest absolute Gasteiger partial charge is 0.298 e. The number of carbonyl (C=O) groups is 1. The van der Waals surface area contributed by atoms with E-state index in [1.54, 1.807) is 24.5 Å². The van der Waals surface area contributed by atoms with Gasteiger partial charge in [-0.25, -0.2) is 18.1 Å². The number of rotatable bonds is 6. The van der Waals surface area contributed by atoms with Gasteiger partial charge in [0.05, 0.1) is 10.6 Å². The van der Waals surface area contributed by atoms with Crippen LogP contribution < -0.4 is 10.0 Å². The average molecular weight is 400 g/mol. The van der Waals surface area contributed by atoms with Crippen molar-refractivity contribution in [2.24, 2.45) is 0 Å². The van der Waals surface area contributed by atoms with Crippen molar-refractivity contribution in [3.05, 3.63) is 59.7 Å². The number of hydrogen-bond acceptors (Lipinski definition) is 6. The quantitative estimate of drug-likeness (QED) is 0.663. The summed E-state index contributed by atoms with van der Waals surface area (Å²) in [5.74, 6) is -0.412. The molecule has 1 saturated carbocycles. The Morgan fingerprint density at radius 1 is 1.19 bits per heavy atom. The summed E-state index contributed by atoms with van der Waals surface area (Å²) in [6.07, 6.45) is 5.07.